The Hall–Kier alpha value is -3.00. The van der Waals surface area contributed by atoms with Gasteiger partial charge < -0.3 is 15.5 Å². The number of halogens is 1. The van der Waals surface area contributed by atoms with Crippen molar-refractivity contribution in [1.82, 2.24) is 4.98 Å². The molecule has 4 rings (SSSR count). The van der Waals surface area contributed by atoms with Gasteiger partial charge in [-0.3, -0.25) is 9.59 Å². The summed E-state index contributed by atoms with van der Waals surface area (Å²) in [7, 11) is 0. The summed E-state index contributed by atoms with van der Waals surface area (Å²) < 4.78 is 14.8. The third-order valence-corrected chi connectivity index (χ3v) is 5.98. The van der Waals surface area contributed by atoms with Gasteiger partial charge in [0, 0.05) is 31.4 Å². The Balaban J connectivity index is 1.42. The number of nitrogens with zero attached hydrogens (tertiary/aromatic N) is 2. The summed E-state index contributed by atoms with van der Waals surface area (Å²) >= 11 is 1.45. The number of aromatic nitrogens is 1. The number of thiazole rings is 1. The summed E-state index contributed by atoms with van der Waals surface area (Å²) in [5.41, 5.74) is 1.75. The van der Waals surface area contributed by atoms with Crippen LogP contribution in [-0.4, -0.2) is 29.9 Å². The van der Waals surface area contributed by atoms with E-state index in [0.717, 1.165) is 29.2 Å². The number of amides is 2. The normalized spacial score (nSPS) is 16.6. The Morgan fingerprint density at radius 1 is 1.14 bits per heavy atom. The molecule has 1 saturated heterocycles. The van der Waals surface area contributed by atoms with Crippen LogP contribution in [0.3, 0.4) is 0 Å². The molecule has 1 atom stereocenters. The number of carbonyl (C=O) groups is 2. The van der Waals surface area contributed by atoms with Gasteiger partial charge in [-0.2, -0.15) is 0 Å². The van der Waals surface area contributed by atoms with Gasteiger partial charge in [0.2, 0.25) is 11.8 Å². The van der Waals surface area contributed by atoms with E-state index < -0.39 is 0 Å². The number of rotatable bonds is 4. The molecule has 2 aromatic carbocycles. The molecule has 6 nitrogen and oxygen atoms in total. The summed E-state index contributed by atoms with van der Waals surface area (Å²) in [5.74, 6) is -0.678. The van der Waals surface area contributed by atoms with E-state index in [2.05, 4.69) is 20.5 Å². The monoisotopic (exact) mass is 412 g/mol. The molecule has 1 unspecified atom stereocenters. The molecule has 2 amide bonds. The Labute approximate surface area is 171 Å². The van der Waals surface area contributed by atoms with Crippen molar-refractivity contribution in [3.63, 3.8) is 0 Å². The molecule has 0 saturated carbocycles. The van der Waals surface area contributed by atoms with Gasteiger partial charge in [-0.05, 0) is 49.2 Å². The number of para-hydroxylation sites is 1. The fourth-order valence-electron chi connectivity index (χ4n) is 3.49. The van der Waals surface area contributed by atoms with E-state index in [1.54, 1.807) is 30.3 Å². The van der Waals surface area contributed by atoms with E-state index in [1.807, 2.05) is 6.07 Å². The van der Waals surface area contributed by atoms with Crippen LogP contribution in [0.25, 0.3) is 10.2 Å². The maximum atomic E-state index is 14.0. The third kappa shape index (κ3) is 4.37. The molecular weight excluding hydrogens is 391 g/mol. The van der Waals surface area contributed by atoms with Crippen LogP contribution in [0, 0.1) is 11.7 Å². The van der Waals surface area contributed by atoms with E-state index in [1.165, 1.54) is 24.3 Å². The standard InChI is InChI=1S/C21H21FN4O2S/c1-13(27)23-15-7-9-16(10-8-15)24-20(28)14-4-3-11-26(12-14)21-25-19-17(22)5-2-6-18(19)29-21/h2,5-10,14H,3-4,11-12H2,1H3,(H,23,27)(H,24,28). The highest BCUT2D eigenvalue weighted by Gasteiger charge is 2.27. The Morgan fingerprint density at radius 3 is 2.55 bits per heavy atom. The minimum Gasteiger partial charge on any atom is -0.347 e. The van der Waals surface area contributed by atoms with Gasteiger partial charge >= 0.3 is 0 Å². The first-order valence-electron chi connectivity index (χ1n) is 9.48. The summed E-state index contributed by atoms with van der Waals surface area (Å²) in [6.07, 6.45) is 1.67. The lowest BCUT2D eigenvalue weighted by molar-refractivity contribution is -0.120. The largest absolute Gasteiger partial charge is 0.347 e. The summed E-state index contributed by atoms with van der Waals surface area (Å²) in [4.78, 5) is 30.4. The number of fused-ring (bicyclic) bond motifs is 1. The van der Waals surface area contributed by atoms with Gasteiger partial charge in [-0.1, -0.05) is 17.4 Å². The van der Waals surface area contributed by atoms with E-state index in [4.69, 9.17) is 0 Å². The lowest BCUT2D eigenvalue weighted by atomic mass is 9.97. The van der Waals surface area contributed by atoms with Gasteiger partial charge in [0.1, 0.15) is 11.3 Å². The molecule has 0 bridgehead atoms. The zero-order chi connectivity index (χ0) is 20.4. The van der Waals surface area contributed by atoms with Gasteiger partial charge in [0.25, 0.3) is 0 Å². The lowest BCUT2D eigenvalue weighted by Gasteiger charge is -2.31. The molecule has 8 heteroatoms. The first-order chi connectivity index (χ1) is 14.0. The molecule has 3 aromatic rings. The highest BCUT2D eigenvalue weighted by molar-refractivity contribution is 7.22. The number of hydrogen-bond donors (Lipinski definition) is 2. The van der Waals surface area contributed by atoms with Crippen LogP contribution < -0.4 is 15.5 Å². The minimum absolute atomic E-state index is 0.0470. The number of benzene rings is 2. The zero-order valence-corrected chi connectivity index (χ0v) is 16.8. The lowest BCUT2D eigenvalue weighted by Crippen LogP contribution is -2.40. The molecule has 0 aliphatic carbocycles. The maximum absolute atomic E-state index is 14.0. The van der Waals surface area contributed by atoms with Crippen LogP contribution in [0.15, 0.2) is 42.5 Å². The Bertz CT molecular complexity index is 1050. The van der Waals surface area contributed by atoms with Crippen molar-refractivity contribution in [3.8, 4) is 0 Å². The van der Waals surface area contributed by atoms with E-state index in [0.29, 0.717) is 23.4 Å². The van der Waals surface area contributed by atoms with Gasteiger partial charge in [0.05, 0.1) is 10.6 Å². The smallest absolute Gasteiger partial charge is 0.229 e. The molecule has 2 heterocycles. The van der Waals surface area contributed by atoms with Crippen LogP contribution in [0.2, 0.25) is 0 Å². The van der Waals surface area contributed by atoms with Crippen LogP contribution >= 0.6 is 11.3 Å². The highest BCUT2D eigenvalue weighted by atomic mass is 32.1. The second-order valence-electron chi connectivity index (χ2n) is 7.12. The minimum atomic E-state index is -0.320. The average Bonchev–Trinajstić information content (AvgIpc) is 3.15. The van der Waals surface area contributed by atoms with Crippen molar-refractivity contribution in [2.45, 2.75) is 19.8 Å². The van der Waals surface area contributed by atoms with E-state index >= 15 is 0 Å². The topological polar surface area (TPSA) is 74.3 Å². The predicted molar refractivity (Wildman–Crippen MR) is 114 cm³/mol. The molecule has 0 radical (unpaired) electrons. The third-order valence-electron chi connectivity index (χ3n) is 4.89. The Kier molecular flexibility index (Phi) is 5.44. The van der Waals surface area contributed by atoms with Crippen molar-refractivity contribution in [3.05, 3.63) is 48.3 Å². The maximum Gasteiger partial charge on any atom is 0.229 e. The second-order valence-corrected chi connectivity index (χ2v) is 8.13. The van der Waals surface area contributed by atoms with Gasteiger partial charge in [0.15, 0.2) is 5.13 Å². The molecule has 29 heavy (non-hydrogen) atoms. The summed E-state index contributed by atoms with van der Waals surface area (Å²) in [5, 5.41) is 6.39. The van der Waals surface area contributed by atoms with Crippen molar-refractivity contribution in [1.29, 1.82) is 0 Å². The quantitative estimate of drug-likeness (QED) is 0.672. The fourth-order valence-corrected chi connectivity index (χ4v) is 4.50. The number of anilines is 3. The first kappa shape index (κ1) is 19.3. The van der Waals surface area contributed by atoms with Gasteiger partial charge in [-0.15, -0.1) is 0 Å². The van der Waals surface area contributed by atoms with Crippen LogP contribution in [0.4, 0.5) is 20.9 Å². The van der Waals surface area contributed by atoms with Crippen molar-refractivity contribution >= 4 is 49.9 Å². The number of piperidine rings is 1. The zero-order valence-electron chi connectivity index (χ0n) is 15.9. The van der Waals surface area contributed by atoms with Crippen molar-refractivity contribution in [2.75, 3.05) is 28.6 Å². The van der Waals surface area contributed by atoms with Crippen LogP contribution in [0.1, 0.15) is 19.8 Å². The molecule has 150 valence electrons. The second kappa shape index (κ2) is 8.16. The summed E-state index contributed by atoms with van der Waals surface area (Å²) in [6.45, 7) is 2.80. The number of nitrogens with one attached hydrogen (secondary N) is 2. The van der Waals surface area contributed by atoms with Crippen LogP contribution in [0.5, 0.6) is 0 Å². The molecular formula is C21H21FN4O2S. The molecule has 1 aromatic heterocycles. The fraction of sp³-hybridized carbons (Fsp3) is 0.286. The number of hydrogen-bond acceptors (Lipinski definition) is 5. The number of carbonyl (C=O) groups excluding carboxylic acids is 2. The molecule has 1 fully saturated rings. The molecule has 1 aliphatic rings. The Morgan fingerprint density at radius 2 is 1.86 bits per heavy atom. The van der Waals surface area contributed by atoms with Gasteiger partial charge in [-0.25, -0.2) is 9.37 Å². The predicted octanol–water partition coefficient (Wildman–Crippen LogP) is 4.25. The molecule has 0 spiro atoms. The first-order valence-corrected chi connectivity index (χ1v) is 10.3. The molecule has 1 aliphatic heterocycles. The van der Waals surface area contributed by atoms with E-state index in [9.17, 15) is 14.0 Å². The highest BCUT2D eigenvalue weighted by Crippen LogP contribution is 2.33. The van der Waals surface area contributed by atoms with Crippen molar-refractivity contribution < 1.29 is 14.0 Å². The molecule has 2 N–H and O–H groups in total. The van der Waals surface area contributed by atoms with Crippen LogP contribution in [-0.2, 0) is 9.59 Å². The van der Waals surface area contributed by atoms with E-state index in [-0.39, 0.29) is 23.5 Å². The summed E-state index contributed by atoms with van der Waals surface area (Å²) in [6, 6.07) is 12.0. The van der Waals surface area contributed by atoms with Crippen molar-refractivity contribution in [2.24, 2.45) is 5.92 Å². The average molecular weight is 412 g/mol. The SMILES string of the molecule is CC(=O)Nc1ccc(NC(=O)C2CCCN(c3nc4c(F)cccc4s3)C2)cc1.